The smallest absolute Gasteiger partial charge is 0.226 e. The molecule has 0 aliphatic carbocycles. The monoisotopic (exact) mass is 284 g/mol. The topological polar surface area (TPSA) is 59.6 Å². The predicted octanol–water partition coefficient (Wildman–Crippen LogP) is 1.08. The third-order valence-corrected chi connectivity index (χ3v) is 4.57. The molecular weight excluding hydrogens is 256 g/mol. The summed E-state index contributed by atoms with van der Waals surface area (Å²) in [4.78, 5) is 11.8. The number of nitrogens with one attached hydrogen (secondary N) is 2. The van der Waals surface area contributed by atoms with Crippen LogP contribution in [-0.4, -0.2) is 51.0 Å². The van der Waals surface area contributed by atoms with E-state index >= 15 is 0 Å². The Kier molecular flexibility index (Phi) is 5.04. The molecule has 2 aliphatic rings. The van der Waals surface area contributed by atoms with Crippen molar-refractivity contribution >= 4 is 5.91 Å². The van der Waals surface area contributed by atoms with Crippen molar-refractivity contribution in [3.63, 3.8) is 0 Å². The molecule has 2 saturated heterocycles. The van der Waals surface area contributed by atoms with Gasteiger partial charge in [-0.3, -0.25) is 4.79 Å². The second-order valence-corrected chi connectivity index (χ2v) is 6.68. The summed E-state index contributed by atoms with van der Waals surface area (Å²) in [5, 5.41) is 6.30. The zero-order valence-electron chi connectivity index (χ0n) is 13.0. The van der Waals surface area contributed by atoms with Gasteiger partial charge in [0.2, 0.25) is 5.91 Å². The molecule has 20 heavy (non-hydrogen) atoms. The van der Waals surface area contributed by atoms with Crippen LogP contribution in [0.5, 0.6) is 0 Å². The minimum absolute atomic E-state index is 0.00528. The summed E-state index contributed by atoms with van der Waals surface area (Å²) in [5.41, 5.74) is -0.374. The van der Waals surface area contributed by atoms with Crippen LogP contribution >= 0.6 is 0 Å². The van der Waals surface area contributed by atoms with E-state index in [-0.39, 0.29) is 16.9 Å². The van der Waals surface area contributed by atoms with E-state index in [0.717, 1.165) is 45.5 Å². The molecule has 1 atom stereocenters. The molecular formula is C15H28N2O3. The molecule has 5 heteroatoms. The van der Waals surface area contributed by atoms with E-state index in [9.17, 15) is 4.79 Å². The zero-order valence-corrected chi connectivity index (χ0v) is 13.0. The van der Waals surface area contributed by atoms with Crippen molar-refractivity contribution in [3.8, 4) is 0 Å². The van der Waals surface area contributed by atoms with Crippen LogP contribution in [0.2, 0.25) is 0 Å². The molecule has 1 amide bonds. The number of ether oxygens (including phenoxy) is 2. The summed E-state index contributed by atoms with van der Waals surface area (Å²) in [5.74, 6) is 0.0813. The molecule has 2 fully saturated rings. The molecule has 2 heterocycles. The summed E-state index contributed by atoms with van der Waals surface area (Å²) >= 11 is 0. The first-order valence-corrected chi connectivity index (χ1v) is 7.65. The van der Waals surface area contributed by atoms with Crippen molar-refractivity contribution in [3.05, 3.63) is 0 Å². The van der Waals surface area contributed by atoms with Gasteiger partial charge in [0, 0.05) is 39.5 Å². The lowest BCUT2D eigenvalue weighted by molar-refractivity contribution is -0.141. The van der Waals surface area contributed by atoms with Crippen LogP contribution in [0.25, 0.3) is 0 Å². The molecule has 116 valence electrons. The lowest BCUT2D eigenvalue weighted by Gasteiger charge is -2.44. The maximum atomic E-state index is 11.8. The normalized spacial score (nSPS) is 26.4. The van der Waals surface area contributed by atoms with Crippen LogP contribution in [0.3, 0.4) is 0 Å². The van der Waals surface area contributed by atoms with E-state index in [1.165, 1.54) is 0 Å². The van der Waals surface area contributed by atoms with Crippen molar-refractivity contribution in [2.24, 2.45) is 5.41 Å². The van der Waals surface area contributed by atoms with Crippen LogP contribution in [0, 0.1) is 5.41 Å². The Balaban J connectivity index is 1.85. The fourth-order valence-electron chi connectivity index (χ4n) is 3.11. The van der Waals surface area contributed by atoms with Crippen molar-refractivity contribution in [1.29, 1.82) is 0 Å². The zero-order chi connectivity index (χ0) is 14.6. The fourth-order valence-corrected chi connectivity index (χ4v) is 3.11. The van der Waals surface area contributed by atoms with Gasteiger partial charge in [-0.2, -0.15) is 0 Å². The maximum absolute atomic E-state index is 11.8. The van der Waals surface area contributed by atoms with Crippen LogP contribution in [-0.2, 0) is 14.3 Å². The molecule has 2 N–H and O–H groups in total. The first kappa shape index (κ1) is 15.7. The Morgan fingerprint density at radius 2 is 2.00 bits per heavy atom. The summed E-state index contributed by atoms with van der Waals surface area (Å²) in [6.07, 6.45) is 4.03. The minimum Gasteiger partial charge on any atom is -0.381 e. The van der Waals surface area contributed by atoms with Gasteiger partial charge in [0.15, 0.2) is 0 Å². The molecule has 2 aliphatic heterocycles. The highest BCUT2D eigenvalue weighted by Gasteiger charge is 2.39. The number of hydrogen-bond acceptors (Lipinski definition) is 4. The third kappa shape index (κ3) is 3.71. The molecule has 0 saturated carbocycles. The molecule has 1 spiro atoms. The average molecular weight is 284 g/mol. The Morgan fingerprint density at radius 1 is 1.30 bits per heavy atom. The van der Waals surface area contributed by atoms with Gasteiger partial charge in [0.25, 0.3) is 0 Å². The quantitative estimate of drug-likeness (QED) is 0.811. The number of rotatable bonds is 4. The molecule has 0 aromatic heterocycles. The van der Waals surface area contributed by atoms with E-state index in [0.29, 0.717) is 12.6 Å². The van der Waals surface area contributed by atoms with Gasteiger partial charge in [-0.1, -0.05) is 0 Å². The Bertz CT molecular complexity index is 333. The lowest BCUT2D eigenvalue weighted by Crippen LogP contribution is -2.52. The lowest BCUT2D eigenvalue weighted by atomic mass is 9.83. The molecule has 0 aromatic carbocycles. The molecule has 5 nitrogen and oxygen atoms in total. The number of amides is 1. The number of hydrogen-bond donors (Lipinski definition) is 2. The highest BCUT2D eigenvalue weighted by molar-refractivity contribution is 5.81. The van der Waals surface area contributed by atoms with E-state index in [2.05, 4.69) is 10.6 Å². The van der Waals surface area contributed by atoms with E-state index in [4.69, 9.17) is 9.47 Å². The van der Waals surface area contributed by atoms with E-state index in [1.807, 2.05) is 13.8 Å². The Hall–Kier alpha value is -0.650. The van der Waals surface area contributed by atoms with E-state index < -0.39 is 0 Å². The molecule has 0 radical (unpaired) electrons. The van der Waals surface area contributed by atoms with E-state index in [1.54, 1.807) is 7.05 Å². The van der Waals surface area contributed by atoms with Crippen molar-refractivity contribution in [2.75, 3.05) is 33.4 Å². The van der Waals surface area contributed by atoms with Crippen molar-refractivity contribution in [1.82, 2.24) is 10.6 Å². The molecule has 2 rings (SSSR count). The van der Waals surface area contributed by atoms with Crippen LogP contribution in [0.4, 0.5) is 0 Å². The van der Waals surface area contributed by atoms with Crippen LogP contribution in [0.1, 0.15) is 39.5 Å². The number of carbonyl (C=O) groups is 1. The molecule has 0 bridgehead atoms. The second-order valence-electron chi connectivity index (χ2n) is 6.68. The van der Waals surface area contributed by atoms with Gasteiger partial charge >= 0.3 is 0 Å². The second kappa shape index (κ2) is 6.41. The van der Waals surface area contributed by atoms with Crippen LogP contribution in [0.15, 0.2) is 0 Å². The highest BCUT2D eigenvalue weighted by Crippen LogP contribution is 2.34. The van der Waals surface area contributed by atoms with Crippen LogP contribution < -0.4 is 10.6 Å². The van der Waals surface area contributed by atoms with Gasteiger partial charge in [0.1, 0.15) is 0 Å². The standard InChI is InChI=1S/C15H28N2O3/c1-14(2,13(18)16-3)11-17-12-4-7-20-15(10-12)5-8-19-9-6-15/h12,17H,4-11H2,1-3H3,(H,16,18). The fraction of sp³-hybridized carbons (Fsp3) is 0.933. The van der Waals surface area contributed by atoms with Gasteiger partial charge in [0.05, 0.1) is 11.0 Å². The minimum atomic E-state index is -0.379. The largest absolute Gasteiger partial charge is 0.381 e. The van der Waals surface area contributed by atoms with Gasteiger partial charge in [-0.15, -0.1) is 0 Å². The first-order chi connectivity index (χ1) is 9.47. The SMILES string of the molecule is CNC(=O)C(C)(C)CNC1CCOC2(CCOCC2)C1. The van der Waals surface area contributed by atoms with Gasteiger partial charge < -0.3 is 20.1 Å². The average Bonchev–Trinajstić information content (AvgIpc) is 2.45. The first-order valence-electron chi connectivity index (χ1n) is 7.65. The predicted molar refractivity (Wildman–Crippen MR) is 77.6 cm³/mol. The van der Waals surface area contributed by atoms with Crippen molar-refractivity contribution in [2.45, 2.75) is 51.2 Å². The highest BCUT2D eigenvalue weighted by atomic mass is 16.5. The summed E-state index contributed by atoms with van der Waals surface area (Å²) < 4.78 is 11.5. The van der Waals surface area contributed by atoms with Gasteiger partial charge in [-0.05, 0) is 39.5 Å². The molecule has 0 aromatic rings. The number of carbonyl (C=O) groups excluding carboxylic acids is 1. The molecule has 1 unspecified atom stereocenters. The third-order valence-electron chi connectivity index (χ3n) is 4.57. The Morgan fingerprint density at radius 3 is 2.65 bits per heavy atom. The Labute approximate surface area is 121 Å². The maximum Gasteiger partial charge on any atom is 0.226 e. The van der Waals surface area contributed by atoms with Gasteiger partial charge in [-0.25, -0.2) is 0 Å². The summed E-state index contributed by atoms with van der Waals surface area (Å²) in [6, 6.07) is 0.436. The summed E-state index contributed by atoms with van der Waals surface area (Å²) in [6.45, 7) is 7.06. The van der Waals surface area contributed by atoms with Crippen molar-refractivity contribution < 1.29 is 14.3 Å². The summed E-state index contributed by atoms with van der Waals surface area (Å²) in [7, 11) is 1.69.